The fourth-order valence-corrected chi connectivity index (χ4v) is 6.03. The van der Waals surface area contributed by atoms with Crippen LogP contribution in [0.4, 0.5) is 18.0 Å². The van der Waals surface area contributed by atoms with Crippen molar-refractivity contribution in [2.24, 2.45) is 5.73 Å². The van der Waals surface area contributed by atoms with E-state index in [1.165, 1.54) is 25.1 Å². The number of benzene rings is 2. The third-order valence-corrected chi connectivity index (χ3v) is 8.33. The second-order valence-corrected chi connectivity index (χ2v) is 12.7. The summed E-state index contributed by atoms with van der Waals surface area (Å²) in [7, 11) is 0. The fourth-order valence-electron chi connectivity index (χ4n) is 5.10. The van der Waals surface area contributed by atoms with Gasteiger partial charge in [0, 0.05) is 44.4 Å². The number of rotatable bonds is 7. The molecule has 234 valence electrons. The number of nitrogens with two attached hydrogens (primary N) is 1. The van der Waals surface area contributed by atoms with Gasteiger partial charge in [-0.05, 0) is 51.5 Å². The van der Waals surface area contributed by atoms with Gasteiger partial charge in [0.1, 0.15) is 33.7 Å². The summed E-state index contributed by atoms with van der Waals surface area (Å²) in [6.07, 6.45) is -4.25. The first kappa shape index (κ1) is 31.3. The van der Waals surface area contributed by atoms with E-state index in [1.54, 1.807) is 21.9 Å². The van der Waals surface area contributed by atoms with Crippen LogP contribution in [0.3, 0.4) is 0 Å². The molecule has 0 unspecified atom stereocenters. The van der Waals surface area contributed by atoms with Crippen molar-refractivity contribution >= 4 is 34.4 Å². The average Bonchev–Trinajstić information content (AvgIpc) is 3.56. The van der Waals surface area contributed by atoms with Gasteiger partial charge < -0.3 is 20.1 Å². The number of hydrogen-bond acceptors (Lipinski definition) is 7. The first-order chi connectivity index (χ1) is 20.7. The van der Waals surface area contributed by atoms with Gasteiger partial charge in [-0.25, -0.2) is 9.78 Å². The predicted molar refractivity (Wildman–Crippen MR) is 161 cm³/mol. The Morgan fingerprint density at radius 3 is 2.41 bits per heavy atom. The number of fused-ring (bicyclic) bond motifs is 1. The topological polar surface area (TPSA) is 103 Å². The summed E-state index contributed by atoms with van der Waals surface area (Å²) >= 11 is 1.08. The molecule has 4 aromatic rings. The molecule has 0 bridgehead atoms. The number of hydrogen-bond donors (Lipinski definition) is 1. The zero-order valence-corrected chi connectivity index (χ0v) is 25.7. The molecule has 3 heterocycles. The van der Waals surface area contributed by atoms with Crippen molar-refractivity contribution in [3.8, 4) is 10.8 Å². The minimum absolute atomic E-state index is 0.0483. The molecular formula is C31H34F3N5O4S. The Bertz CT molecular complexity index is 1670. The van der Waals surface area contributed by atoms with E-state index in [1.807, 2.05) is 39.0 Å². The van der Waals surface area contributed by atoms with Gasteiger partial charge in [-0.2, -0.15) is 13.2 Å². The number of ether oxygens (including phenoxy) is 2. The lowest BCUT2D eigenvalue weighted by Gasteiger charge is -2.35. The smallest absolute Gasteiger partial charge is 0.416 e. The number of imidazole rings is 1. The van der Waals surface area contributed by atoms with E-state index in [4.69, 9.17) is 15.2 Å². The number of piperazine rings is 1. The van der Waals surface area contributed by atoms with Crippen LogP contribution in [0.25, 0.3) is 16.0 Å². The van der Waals surface area contributed by atoms with Gasteiger partial charge in [0.25, 0.3) is 5.91 Å². The number of primary amides is 1. The highest BCUT2D eigenvalue weighted by atomic mass is 32.1. The first-order valence-corrected chi connectivity index (χ1v) is 14.9. The van der Waals surface area contributed by atoms with Gasteiger partial charge in [0.05, 0.1) is 16.6 Å². The zero-order valence-electron chi connectivity index (χ0n) is 24.9. The van der Waals surface area contributed by atoms with E-state index in [2.05, 4.69) is 9.88 Å². The zero-order chi connectivity index (χ0) is 31.8. The molecule has 1 atom stereocenters. The molecule has 0 spiro atoms. The molecule has 1 fully saturated rings. The molecule has 2 aromatic heterocycles. The molecule has 5 rings (SSSR count). The van der Waals surface area contributed by atoms with E-state index in [9.17, 15) is 22.8 Å². The van der Waals surface area contributed by atoms with Crippen molar-refractivity contribution in [3.05, 3.63) is 76.4 Å². The van der Waals surface area contributed by atoms with Gasteiger partial charge in [-0.3, -0.25) is 14.3 Å². The summed E-state index contributed by atoms with van der Waals surface area (Å²) in [5.41, 5.74) is 6.80. The number of alkyl halides is 3. The molecule has 13 heteroatoms. The van der Waals surface area contributed by atoms with Gasteiger partial charge in [-0.15, -0.1) is 11.3 Å². The number of aromatic nitrogens is 2. The fraction of sp³-hybridized carbons (Fsp3) is 0.387. The van der Waals surface area contributed by atoms with E-state index in [0.717, 1.165) is 34.0 Å². The minimum atomic E-state index is -4.56. The molecule has 1 saturated heterocycles. The van der Waals surface area contributed by atoms with Gasteiger partial charge in [0.15, 0.2) is 0 Å². The Morgan fingerprint density at radius 2 is 1.75 bits per heavy atom. The summed E-state index contributed by atoms with van der Waals surface area (Å²) in [5.74, 6) is -0.647. The molecule has 1 aliphatic heterocycles. The highest BCUT2D eigenvalue weighted by Gasteiger charge is 2.35. The normalized spacial score (nSPS) is 15.4. The summed E-state index contributed by atoms with van der Waals surface area (Å²) in [6.45, 7) is 10.2. The van der Waals surface area contributed by atoms with Crippen LogP contribution in [0.15, 0.2) is 54.9 Å². The van der Waals surface area contributed by atoms with Crippen LogP contribution in [-0.4, -0.2) is 63.1 Å². The lowest BCUT2D eigenvalue weighted by molar-refractivity contribution is -0.139. The highest BCUT2D eigenvalue weighted by molar-refractivity contribution is 7.16. The Morgan fingerprint density at radius 1 is 1.05 bits per heavy atom. The molecule has 44 heavy (non-hydrogen) atoms. The van der Waals surface area contributed by atoms with Crippen LogP contribution in [0.5, 0.6) is 5.75 Å². The molecule has 1 aliphatic rings. The molecule has 0 aliphatic carbocycles. The molecule has 2 amide bonds. The minimum Gasteiger partial charge on any atom is -0.484 e. The van der Waals surface area contributed by atoms with Crippen LogP contribution in [-0.2, 0) is 17.5 Å². The average molecular weight is 630 g/mol. The third kappa shape index (κ3) is 6.99. The van der Waals surface area contributed by atoms with Crippen molar-refractivity contribution in [2.75, 3.05) is 26.2 Å². The van der Waals surface area contributed by atoms with Crippen LogP contribution in [0.2, 0.25) is 0 Å². The van der Waals surface area contributed by atoms with Gasteiger partial charge >= 0.3 is 12.3 Å². The highest BCUT2D eigenvalue weighted by Crippen LogP contribution is 2.39. The second kappa shape index (κ2) is 12.1. The number of thiophene rings is 1. The van der Waals surface area contributed by atoms with E-state index in [0.29, 0.717) is 37.7 Å². The van der Waals surface area contributed by atoms with Crippen LogP contribution < -0.4 is 10.5 Å². The van der Waals surface area contributed by atoms with Crippen molar-refractivity contribution in [1.29, 1.82) is 0 Å². The third-order valence-electron chi connectivity index (χ3n) is 7.20. The Kier molecular flexibility index (Phi) is 8.63. The number of amides is 2. The van der Waals surface area contributed by atoms with Crippen LogP contribution >= 0.6 is 11.3 Å². The molecule has 9 nitrogen and oxygen atoms in total. The van der Waals surface area contributed by atoms with E-state index in [-0.39, 0.29) is 22.3 Å². The molecule has 0 radical (unpaired) electrons. The Balaban J connectivity index is 1.34. The Labute approximate surface area is 257 Å². The lowest BCUT2D eigenvalue weighted by atomic mass is 10.0. The van der Waals surface area contributed by atoms with E-state index < -0.39 is 29.4 Å². The first-order valence-electron chi connectivity index (χ1n) is 14.1. The number of carbonyl (C=O) groups is 2. The maximum absolute atomic E-state index is 13.6. The summed E-state index contributed by atoms with van der Waals surface area (Å²) in [4.78, 5) is 33.3. The molecule has 0 saturated carbocycles. The van der Waals surface area contributed by atoms with Crippen molar-refractivity contribution < 1.29 is 32.2 Å². The van der Waals surface area contributed by atoms with Crippen molar-refractivity contribution in [1.82, 2.24) is 19.4 Å². The van der Waals surface area contributed by atoms with Crippen molar-refractivity contribution in [2.45, 2.75) is 52.1 Å². The van der Waals surface area contributed by atoms with E-state index >= 15 is 0 Å². The Hall–Kier alpha value is -4.10. The second-order valence-electron chi connectivity index (χ2n) is 11.7. The summed E-state index contributed by atoms with van der Waals surface area (Å²) in [6, 6.07) is 12.7. The van der Waals surface area contributed by atoms with Crippen molar-refractivity contribution in [3.63, 3.8) is 0 Å². The summed E-state index contributed by atoms with van der Waals surface area (Å²) < 4.78 is 54.1. The number of carbonyl (C=O) groups excluding carboxylic acids is 2. The maximum atomic E-state index is 13.6. The monoisotopic (exact) mass is 629 g/mol. The van der Waals surface area contributed by atoms with Crippen LogP contribution in [0, 0.1) is 0 Å². The molecule has 2 aromatic carbocycles. The lowest BCUT2D eigenvalue weighted by Crippen LogP contribution is -2.49. The van der Waals surface area contributed by atoms with Gasteiger partial charge in [-0.1, -0.05) is 24.3 Å². The number of halogens is 3. The maximum Gasteiger partial charge on any atom is 0.416 e. The summed E-state index contributed by atoms with van der Waals surface area (Å²) in [5, 5.41) is 0.579. The largest absolute Gasteiger partial charge is 0.484 e. The quantitative estimate of drug-likeness (QED) is 0.254. The number of nitrogens with zero attached hydrogens (tertiary/aromatic N) is 4. The molecule has 2 N–H and O–H groups in total. The standard InChI is InChI=1S/C31H34F3N5O4S/c1-19(21-7-5-6-8-22(21)31(32,33)34)42-25-16-26(44-27(25)28(35)40)39-18-36-23-10-9-20(15-24(23)39)17-37-11-13-38(14-12-37)29(41)43-30(2,3)4/h5-10,15-16,18-19H,11-14,17H2,1-4H3,(H2,35,40)/t19-/m1/s1. The van der Waals surface area contributed by atoms with Crippen LogP contribution in [0.1, 0.15) is 60.2 Å². The molecular weight excluding hydrogens is 595 g/mol. The predicted octanol–water partition coefficient (Wildman–Crippen LogP) is 6.40. The SMILES string of the molecule is C[C@@H](Oc1cc(-n2cnc3ccc(CN4CCN(C(=O)OC(C)(C)C)CC4)cc32)sc1C(N)=O)c1ccccc1C(F)(F)F. The van der Waals surface area contributed by atoms with Gasteiger partial charge in [0.2, 0.25) is 0 Å².